The van der Waals surface area contributed by atoms with Gasteiger partial charge >= 0.3 is 0 Å². The van der Waals surface area contributed by atoms with Crippen LogP contribution in [0.3, 0.4) is 0 Å². The highest BCUT2D eigenvalue weighted by atomic mass is 32.1. The van der Waals surface area contributed by atoms with Crippen molar-refractivity contribution in [2.75, 3.05) is 5.32 Å². The van der Waals surface area contributed by atoms with E-state index in [1.165, 1.54) is 0 Å². The summed E-state index contributed by atoms with van der Waals surface area (Å²) in [6.07, 6.45) is 3.56. The van der Waals surface area contributed by atoms with Gasteiger partial charge in [0.1, 0.15) is 10.9 Å². The first kappa shape index (κ1) is 15.6. The van der Waals surface area contributed by atoms with Crippen LogP contribution in [0.25, 0.3) is 31.6 Å². The van der Waals surface area contributed by atoms with Gasteiger partial charge in [0.15, 0.2) is 0 Å². The van der Waals surface area contributed by atoms with Crippen LogP contribution >= 0.6 is 11.3 Å². The van der Waals surface area contributed by atoms with E-state index in [4.69, 9.17) is 0 Å². The maximum absolute atomic E-state index is 9.59. The van der Waals surface area contributed by atoms with Gasteiger partial charge in [0.2, 0.25) is 0 Å². The number of benzene rings is 2. The van der Waals surface area contributed by atoms with Gasteiger partial charge in [-0.1, -0.05) is 36.4 Å². The van der Waals surface area contributed by atoms with Gasteiger partial charge in [-0.2, -0.15) is 5.26 Å². The van der Waals surface area contributed by atoms with Crippen LogP contribution in [-0.4, -0.2) is 9.97 Å². The minimum absolute atomic E-state index is 0.534. The number of hydrogen-bond donors (Lipinski definition) is 2. The molecule has 5 heteroatoms. The normalized spacial score (nSPS) is 10.9. The van der Waals surface area contributed by atoms with E-state index in [0.717, 1.165) is 42.9 Å². The molecule has 0 bridgehead atoms. The Morgan fingerprint density at radius 2 is 1.93 bits per heavy atom. The first-order valence-corrected chi connectivity index (χ1v) is 9.36. The number of H-pyrrole nitrogens is 1. The first-order valence-electron chi connectivity index (χ1n) is 8.54. The Bertz CT molecular complexity index is 1310. The highest BCUT2D eigenvalue weighted by molar-refractivity contribution is 7.21. The van der Waals surface area contributed by atoms with Crippen molar-refractivity contribution in [1.29, 1.82) is 5.26 Å². The SMILES string of the molecule is N#Cc1cnc2sc(-c3ccccc3)cc2c1Nc1ccc2cc[nH]c2c1. The van der Waals surface area contributed by atoms with Gasteiger partial charge in [-0.3, -0.25) is 0 Å². The van der Waals surface area contributed by atoms with Crippen molar-refractivity contribution in [1.82, 2.24) is 9.97 Å². The summed E-state index contributed by atoms with van der Waals surface area (Å²) < 4.78 is 0. The largest absolute Gasteiger partial charge is 0.361 e. The number of pyridine rings is 1. The molecular weight excluding hydrogens is 352 g/mol. The molecule has 5 aromatic rings. The van der Waals surface area contributed by atoms with Crippen molar-refractivity contribution < 1.29 is 0 Å². The zero-order valence-electron chi connectivity index (χ0n) is 14.2. The van der Waals surface area contributed by atoms with Crippen LogP contribution in [-0.2, 0) is 0 Å². The summed E-state index contributed by atoms with van der Waals surface area (Å²) in [6.45, 7) is 0. The summed E-state index contributed by atoms with van der Waals surface area (Å²) in [5.41, 5.74) is 4.47. The maximum Gasteiger partial charge on any atom is 0.126 e. The number of aromatic amines is 1. The van der Waals surface area contributed by atoms with Crippen molar-refractivity contribution in [3.8, 4) is 16.5 Å². The molecule has 0 amide bonds. The third kappa shape index (κ3) is 2.73. The van der Waals surface area contributed by atoms with Gasteiger partial charge < -0.3 is 10.3 Å². The summed E-state index contributed by atoms with van der Waals surface area (Å²) in [5.74, 6) is 0. The summed E-state index contributed by atoms with van der Waals surface area (Å²) >= 11 is 1.63. The second-order valence-corrected chi connectivity index (χ2v) is 7.29. The lowest BCUT2D eigenvalue weighted by atomic mass is 10.1. The number of rotatable bonds is 3. The molecule has 3 aromatic heterocycles. The van der Waals surface area contributed by atoms with E-state index in [1.807, 2.05) is 42.6 Å². The van der Waals surface area contributed by atoms with Crippen molar-refractivity contribution in [3.05, 3.63) is 78.6 Å². The van der Waals surface area contributed by atoms with Gasteiger partial charge in [0.25, 0.3) is 0 Å². The molecule has 2 aromatic carbocycles. The molecule has 0 saturated heterocycles. The average molecular weight is 366 g/mol. The smallest absolute Gasteiger partial charge is 0.126 e. The molecule has 2 N–H and O–H groups in total. The molecule has 4 nitrogen and oxygen atoms in total. The lowest BCUT2D eigenvalue weighted by Crippen LogP contribution is -1.95. The van der Waals surface area contributed by atoms with Gasteiger partial charge in [0, 0.05) is 33.9 Å². The Labute approximate surface area is 159 Å². The molecule has 0 aliphatic heterocycles. The number of nitrogens with one attached hydrogen (secondary N) is 2. The van der Waals surface area contributed by atoms with Crippen LogP contribution in [0.4, 0.5) is 11.4 Å². The molecule has 0 saturated carbocycles. The molecule has 0 aliphatic carbocycles. The number of anilines is 2. The van der Waals surface area contributed by atoms with Crippen LogP contribution in [0.5, 0.6) is 0 Å². The Hall–Kier alpha value is -3.62. The van der Waals surface area contributed by atoms with E-state index in [2.05, 4.69) is 45.6 Å². The standard InChI is InChI=1S/C22H14N4S/c23-12-16-13-25-22-18(11-20(27-22)15-4-2-1-3-5-15)21(16)26-17-7-6-14-8-9-24-19(14)10-17/h1-11,13,24H,(H,25,26). The third-order valence-corrected chi connectivity index (χ3v) is 5.66. The van der Waals surface area contributed by atoms with Crippen LogP contribution < -0.4 is 5.32 Å². The molecule has 128 valence electrons. The fraction of sp³-hybridized carbons (Fsp3) is 0. The lowest BCUT2D eigenvalue weighted by Gasteiger charge is -2.09. The molecule has 5 rings (SSSR count). The zero-order chi connectivity index (χ0) is 18.2. The second kappa shape index (κ2) is 6.27. The number of thiophene rings is 1. The van der Waals surface area contributed by atoms with Crippen LogP contribution in [0.1, 0.15) is 5.56 Å². The molecule has 0 atom stereocenters. The highest BCUT2D eigenvalue weighted by Crippen LogP contribution is 2.38. The van der Waals surface area contributed by atoms with Crippen molar-refractivity contribution in [3.63, 3.8) is 0 Å². The van der Waals surface area contributed by atoms with Gasteiger partial charge in [-0.05, 0) is 35.2 Å². The lowest BCUT2D eigenvalue weighted by molar-refractivity contribution is 1.38. The first-order chi connectivity index (χ1) is 13.3. The summed E-state index contributed by atoms with van der Waals surface area (Å²) in [7, 11) is 0. The van der Waals surface area contributed by atoms with Gasteiger partial charge in [-0.15, -0.1) is 11.3 Å². The molecule has 0 fully saturated rings. The highest BCUT2D eigenvalue weighted by Gasteiger charge is 2.14. The predicted octanol–water partition coefficient (Wildman–Crippen LogP) is 6.06. The Morgan fingerprint density at radius 3 is 2.78 bits per heavy atom. The fourth-order valence-electron chi connectivity index (χ4n) is 3.22. The number of aromatic nitrogens is 2. The van der Waals surface area contributed by atoms with Crippen LogP contribution in [0.2, 0.25) is 0 Å². The number of nitrogens with zero attached hydrogens (tertiary/aromatic N) is 2. The maximum atomic E-state index is 9.59. The third-order valence-electron chi connectivity index (χ3n) is 4.57. The number of nitriles is 1. The minimum atomic E-state index is 0.534. The molecule has 0 unspecified atom stereocenters. The van der Waals surface area contributed by atoms with Crippen LogP contribution in [0, 0.1) is 11.3 Å². The summed E-state index contributed by atoms with van der Waals surface area (Å²) in [5, 5.41) is 15.1. The second-order valence-electron chi connectivity index (χ2n) is 6.26. The monoisotopic (exact) mass is 366 g/mol. The van der Waals surface area contributed by atoms with E-state index in [-0.39, 0.29) is 0 Å². The van der Waals surface area contributed by atoms with Gasteiger partial charge in [0.05, 0.1) is 11.3 Å². The molecular formula is C22H14N4S. The average Bonchev–Trinajstić information content (AvgIpc) is 3.35. The van der Waals surface area contributed by atoms with E-state index >= 15 is 0 Å². The van der Waals surface area contributed by atoms with E-state index < -0.39 is 0 Å². The fourth-order valence-corrected chi connectivity index (χ4v) is 4.24. The quantitative estimate of drug-likeness (QED) is 0.408. The minimum Gasteiger partial charge on any atom is -0.361 e. The van der Waals surface area contributed by atoms with Crippen molar-refractivity contribution in [2.24, 2.45) is 0 Å². The Balaban J connectivity index is 1.65. The number of fused-ring (bicyclic) bond motifs is 2. The van der Waals surface area contributed by atoms with Crippen molar-refractivity contribution in [2.45, 2.75) is 0 Å². The summed E-state index contributed by atoms with van der Waals surface area (Å²) in [6, 6.07) is 22.8. The summed E-state index contributed by atoms with van der Waals surface area (Å²) in [4.78, 5) is 9.76. The van der Waals surface area contributed by atoms with E-state index in [9.17, 15) is 5.26 Å². The van der Waals surface area contributed by atoms with Gasteiger partial charge in [-0.25, -0.2) is 4.98 Å². The molecule has 0 radical (unpaired) electrons. The zero-order valence-corrected chi connectivity index (χ0v) is 15.0. The van der Waals surface area contributed by atoms with E-state index in [0.29, 0.717) is 5.56 Å². The predicted molar refractivity (Wildman–Crippen MR) is 111 cm³/mol. The Morgan fingerprint density at radius 1 is 1.04 bits per heavy atom. The van der Waals surface area contributed by atoms with E-state index in [1.54, 1.807) is 17.5 Å². The topological polar surface area (TPSA) is 64.5 Å². The number of hydrogen-bond acceptors (Lipinski definition) is 4. The van der Waals surface area contributed by atoms with Crippen LogP contribution in [0.15, 0.2) is 73.1 Å². The van der Waals surface area contributed by atoms with Crippen molar-refractivity contribution >= 4 is 43.8 Å². The molecule has 3 heterocycles. The Kier molecular flexibility index (Phi) is 3.63. The molecule has 27 heavy (non-hydrogen) atoms. The molecule has 0 aliphatic rings. The molecule has 0 spiro atoms.